The third-order valence-electron chi connectivity index (χ3n) is 7.00. The standard InChI is InChI=1S/C28H27FN4O.ClH/c1-17-16-20(29)12-13-23(17)30-28-31-25-22(8-5-9-24(25)34-2)27(32-28)33-15-14-18-6-3-4-7-21(18)26(33)19-10-11-19;/h3-9,12-13,16,19,26H,10-11,14-15H2,1-2H3,(H,30,31,32);1H. The number of halogens is 2. The summed E-state index contributed by atoms with van der Waals surface area (Å²) in [5, 5.41) is 4.31. The highest BCUT2D eigenvalue weighted by Crippen LogP contribution is 2.49. The molecule has 2 heterocycles. The minimum atomic E-state index is -0.260. The Morgan fingerprint density at radius 3 is 2.63 bits per heavy atom. The molecule has 1 aliphatic heterocycles. The van der Waals surface area contributed by atoms with Gasteiger partial charge in [0.25, 0.3) is 0 Å². The highest BCUT2D eigenvalue weighted by atomic mass is 35.5. The number of aromatic nitrogens is 2. The Labute approximate surface area is 210 Å². The van der Waals surface area contributed by atoms with Gasteiger partial charge in [-0.2, -0.15) is 4.98 Å². The van der Waals surface area contributed by atoms with E-state index in [9.17, 15) is 4.39 Å². The molecule has 5 nitrogen and oxygen atoms in total. The molecule has 0 bridgehead atoms. The van der Waals surface area contributed by atoms with E-state index in [1.165, 1.54) is 36.1 Å². The van der Waals surface area contributed by atoms with Gasteiger partial charge in [-0.25, -0.2) is 9.37 Å². The monoisotopic (exact) mass is 490 g/mol. The highest BCUT2D eigenvalue weighted by molar-refractivity contribution is 5.95. The minimum absolute atomic E-state index is 0. The van der Waals surface area contributed by atoms with Crippen molar-refractivity contribution in [3.63, 3.8) is 0 Å². The van der Waals surface area contributed by atoms with Gasteiger partial charge in [0.2, 0.25) is 5.95 Å². The van der Waals surface area contributed by atoms with Crippen LogP contribution >= 0.6 is 12.4 Å². The molecule has 0 spiro atoms. The molecule has 4 aromatic rings. The van der Waals surface area contributed by atoms with E-state index in [1.54, 1.807) is 13.2 Å². The molecule has 0 amide bonds. The summed E-state index contributed by atoms with van der Waals surface area (Å²) >= 11 is 0. The average molecular weight is 491 g/mol. The number of rotatable bonds is 5. The van der Waals surface area contributed by atoms with E-state index >= 15 is 0 Å². The molecule has 1 N–H and O–H groups in total. The Morgan fingerprint density at radius 2 is 1.86 bits per heavy atom. The van der Waals surface area contributed by atoms with Crippen LogP contribution in [-0.2, 0) is 6.42 Å². The van der Waals surface area contributed by atoms with Crippen molar-refractivity contribution in [2.45, 2.75) is 32.2 Å². The van der Waals surface area contributed by atoms with E-state index in [0.29, 0.717) is 23.7 Å². The van der Waals surface area contributed by atoms with Crippen molar-refractivity contribution in [2.24, 2.45) is 5.92 Å². The highest BCUT2D eigenvalue weighted by Gasteiger charge is 2.40. The van der Waals surface area contributed by atoms with Crippen LogP contribution in [0.25, 0.3) is 10.9 Å². The van der Waals surface area contributed by atoms with Crippen molar-refractivity contribution in [1.29, 1.82) is 0 Å². The normalized spacial score (nSPS) is 17.0. The molecule has 7 heteroatoms. The summed E-state index contributed by atoms with van der Waals surface area (Å²) in [7, 11) is 1.66. The molecule has 3 aromatic carbocycles. The lowest BCUT2D eigenvalue weighted by Crippen LogP contribution is -2.37. The molecule has 1 atom stereocenters. The third-order valence-corrected chi connectivity index (χ3v) is 7.00. The molecule has 180 valence electrons. The summed E-state index contributed by atoms with van der Waals surface area (Å²) in [6.45, 7) is 2.77. The molecule has 6 rings (SSSR count). The first-order valence-corrected chi connectivity index (χ1v) is 11.8. The van der Waals surface area contributed by atoms with Crippen molar-refractivity contribution in [1.82, 2.24) is 9.97 Å². The number of aryl methyl sites for hydroxylation is 1. The number of nitrogens with zero attached hydrogens (tertiary/aromatic N) is 3. The Morgan fingerprint density at radius 1 is 1.03 bits per heavy atom. The summed E-state index contributed by atoms with van der Waals surface area (Å²) in [5.74, 6) is 2.48. The van der Waals surface area contributed by atoms with Crippen molar-refractivity contribution in [3.8, 4) is 5.75 Å². The first-order chi connectivity index (χ1) is 16.6. The largest absolute Gasteiger partial charge is 0.494 e. The van der Waals surface area contributed by atoms with Crippen LogP contribution in [-0.4, -0.2) is 23.6 Å². The van der Waals surface area contributed by atoms with Gasteiger partial charge in [-0.1, -0.05) is 30.3 Å². The van der Waals surface area contributed by atoms with Gasteiger partial charge in [0.05, 0.1) is 13.2 Å². The van der Waals surface area contributed by atoms with Crippen LogP contribution in [0.1, 0.15) is 35.6 Å². The number of anilines is 3. The van der Waals surface area contributed by atoms with E-state index in [-0.39, 0.29) is 18.2 Å². The van der Waals surface area contributed by atoms with E-state index in [1.807, 2.05) is 19.1 Å². The number of ether oxygens (including phenoxy) is 1. The smallest absolute Gasteiger partial charge is 0.229 e. The Kier molecular flexibility index (Phi) is 6.24. The number of nitrogens with one attached hydrogen (secondary N) is 1. The lowest BCUT2D eigenvalue weighted by molar-refractivity contribution is 0.419. The Bertz CT molecular complexity index is 1390. The maximum atomic E-state index is 13.7. The number of hydrogen-bond acceptors (Lipinski definition) is 5. The minimum Gasteiger partial charge on any atom is -0.494 e. The molecule has 1 aromatic heterocycles. The molecule has 1 unspecified atom stereocenters. The number of methoxy groups -OCH3 is 1. The maximum Gasteiger partial charge on any atom is 0.229 e. The van der Waals surface area contributed by atoms with Crippen molar-refractivity contribution >= 4 is 40.8 Å². The molecule has 1 fully saturated rings. The number of fused-ring (bicyclic) bond motifs is 2. The lowest BCUT2D eigenvalue weighted by Gasteiger charge is -2.39. The second-order valence-electron chi connectivity index (χ2n) is 9.24. The molecule has 0 saturated heterocycles. The van der Waals surface area contributed by atoms with Crippen LogP contribution in [0.2, 0.25) is 0 Å². The Hall–Kier alpha value is -3.38. The fraction of sp³-hybridized carbons (Fsp3) is 0.286. The molecule has 0 radical (unpaired) electrons. The third kappa shape index (κ3) is 4.27. The number of para-hydroxylation sites is 1. The fourth-order valence-electron chi connectivity index (χ4n) is 5.19. The topological polar surface area (TPSA) is 50.3 Å². The quantitative estimate of drug-likeness (QED) is 0.334. The van der Waals surface area contributed by atoms with Crippen LogP contribution in [0.4, 0.5) is 21.8 Å². The summed E-state index contributed by atoms with van der Waals surface area (Å²) in [4.78, 5) is 12.3. The van der Waals surface area contributed by atoms with Gasteiger partial charge < -0.3 is 15.0 Å². The first-order valence-electron chi connectivity index (χ1n) is 11.8. The van der Waals surface area contributed by atoms with Crippen LogP contribution in [0, 0.1) is 18.7 Å². The maximum absolute atomic E-state index is 13.7. The van der Waals surface area contributed by atoms with Crippen molar-refractivity contribution in [3.05, 3.63) is 83.2 Å². The predicted molar refractivity (Wildman–Crippen MR) is 141 cm³/mol. The van der Waals surface area contributed by atoms with Gasteiger partial charge in [-0.05, 0) is 79.1 Å². The molecule has 1 saturated carbocycles. The van der Waals surface area contributed by atoms with Crippen LogP contribution in [0.5, 0.6) is 5.75 Å². The van der Waals surface area contributed by atoms with Crippen LogP contribution in [0.3, 0.4) is 0 Å². The molecule has 1 aliphatic carbocycles. The number of hydrogen-bond donors (Lipinski definition) is 1. The summed E-state index contributed by atoms with van der Waals surface area (Å²) < 4.78 is 19.3. The van der Waals surface area contributed by atoms with E-state index < -0.39 is 0 Å². The van der Waals surface area contributed by atoms with E-state index in [2.05, 4.69) is 40.5 Å². The number of benzene rings is 3. The zero-order valence-corrected chi connectivity index (χ0v) is 20.6. The zero-order valence-electron chi connectivity index (χ0n) is 19.8. The fourth-order valence-corrected chi connectivity index (χ4v) is 5.19. The van der Waals surface area contributed by atoms with Gasteiger partial charge in [0.1, 0.15) is 22.9 Å². The SMILES string of the molecule is COc1cccc2c(N3CCc4ccccc4C3C3CC3)nc(Nc3ccc(F)cc3C)nc12.Cl. The van der Waals surface area contributed by atoms with Crippen molar-refractivity contribution < 1.29 is 9.13 Å². The Balaban J connectivity index is 0.00000253. The van der Waals surface area contributed by atoms with Gasteiger partial charge >= 0.3 is 0 Å². The summed E-state index contributed by atoms with van der Waals surface area (Å²) in [6.07, 6.45) is 3.46. The van der Waals surface area contributed by atoms with E-state index in [4.69, 9.17) is 14.7 Å². The predicted octanol–water partition coefficient (Wildman–Crippen LogP) is 6.77. The van der Waals surface area contributed by atoms with Crippen LogP contribution < -0.4 is 15.0 Å². The van der Waals surface area contributed by atoms with Gasteiger partial charge in [0.15, 0.2) is 0 Å². The van der Waals surface area contributed by atoms with Gasteiger partial charge in [-0.15, -0.1) is 12.4 Å². The van der Waals surface area contributed by atoms with Gasteiger partial charge in [-0.3, -0.25) is 0 Å². The second-order valence-corrected chi connectivity index (χ2v) is 9.24. The second kappa shape index (κ2) is 9.34. The van der Waals surface area contributed by atoms with Gasteiger partial charge in [0, 0.05) is 17.6 Å². The molecular formula is C28H28ClFN4O. The first kappa shape index (κ1) is 23.4. The molecule has 2 aliphatic rings. The van der Waals surface area contributed by atoms with Crippen LogP contribution in [0.15, 0.2) is 60.7 Å². The lowest BCUT2D eigenvalue weighted by atomic mass is 9.89. The summed E-state index contributed by atoms with van der Waals surface area (Å²) in [5.41, 5.74) is 5.20. The average Bonchev–Trinajstić information content (AvgIpc) is 3.69. The summed E-state index contributed by atoms with van der Waals surface area (Å²) in [6, 6.07) is 19.8. The molecule has 35 heavy (non-hydrogen) atoms. The van der Waals surface area contributed by atoms with Crippen molar-refractivity contribution in [2.75, 3.05) is 23.9 Å². The van der Waals surface area contributed by atoms with E-state index in [0.717, 1.165) is 40.9 Å². The zero-order chi connectivity index (χ0) is 23.2. The molecular weight excluding hydrogens is 463 g/mol.